The molecule has 10 heteroatoms. The molecule has 154 valence electrons. The summed E-state index contributed by atoms with van der Waals surface area (Å²) in [6.07, 6.45) is 1.64. The van der Waals surface area contributed by atoms with Gasteiger partial charge in [0.15, 0.2) is 17.5 Å². The van der Waals surface area contributed by atoms with Gasteiger partial charge in [0.05, 0.1) is 19.4 Å². The smallest absolute Gasteiger partial charge is 0.387 e. The summed E-state index contributed by atoms with van der Waals surface area (Å²) in [5.41, 5.74) is 0.660. The number of benzene rings is 1. The van der Waals surface area contributed by atoms with Crippen molar-refractivity contribution in [1.29, 1.82) is 0 Å². The monoisotopic (exact) mass is 407 g/mol. The van der Waals surface area contributed by atoms with Gasteiger partial charge >= 0.3 is 6.61 Å². The number of hydrogen-bond acceptors (Lipinski definition) is 5. The number of nitrogens with one attached hydrogen (secondary N) is 2. The van der Waals surface area contributed by atoms with Gasteiger partial charge in [-0.15, -0.1) is 0 Å². The molecule has 1 unspecified atom stereocenters. The molecule has 0 aromatic heterocycles. The summed E-state index contributed by atoms with van der Waals surface area (Å²) < 4.78 is 57.0. The van der Waals surface area contributed by atoms with Crippen LogP contribution in [0.3, 0.4) is 0 Å². The van der Waals surface area contributed by atoms with Crippen LogP contribution in [-0.2, 0) is 16.4 Å². The van der Waals surface area contributed by atoms with E-state index in [0.717, 1.165) is 0 Å². The van der Waals surface area contributed by atoms with Gasteiger partial charge in [-0.2, -0.15) is 8.78 Å². The third-order valence-corrected chi connectivity index (χ3v) is 4.49. The molecule has 2 N–H and O–H groups in total. The highest BCUT2D eigenvalue weighted by Gasteiger charge is 2.12. The number of sulfone groups is 1. The highest BCUT2D eigenvalue weighted by atomic mass is 32.2. The van der Waals surface area contributed by atoms with Crippen LogP contribution >= 0.6 is 0 Å². The van der Waals surface area contributed by atoms with Crippen molar-refractivity contribution >= 4 is 15.8 Å². The fourth-order valence-corrected chi connectivity index (χ4v) is 2.98. The zero-order valence-electron chi connectivity index (χ0n) is 16.0. The van der Waals surface area contributed by atoms with Gasteiger partial charge in [0, 0.05) is 18.8 Å². The van der Waals surface area contributed by atoms with Gasteiger partial charge in [0.25, 0.3) is 0 Å². The second kappa shape index (κ2) is 10.9. The summed E-state index contributed by atoms with van der Waals surface area (Å²) >= 11 is 0. The third kappa shape index (κ3) is 9.41. The predicted molar refractivity (Wildman–Crippen MR) is 101 cm³/mol. The lowest BCUT2D eigenvalue weighted by atomic mass is 10.2. The predicted octanol–water partition coefficient (Wildman–Crippen LogP) is 2.17. The SMILES string of the molecule is CCNC(=NCc1ccc(OC)c(OC(F)F)c1)NC(C)CCS(C)(=O)=O. The summed E-state index contributed by atoms with van der Waals surface area (Å²) in [6.45, 7) is 1.65. The van der Waals surface area contributed by atoms with Crippen LogP contribution in [-0.4, -0.2) is 52.7 Å². The number of ether oxygens (including phenoxy) is 2. The van der Waals surface area contributed by atoms with E-state index < -0.39 is 16.4 Å². The fourth-order valence-electron chi connectivity index (χ4n) is 2.19. The average molecular weight is 407 g/mol. The molecule has 0 bridgehead atoms. The Morgan fingerprint density at radius 2 is 2.00 bits per heavy atom. The van der Waals surface area contributed by atoms with Crippen LogP contribution in [0, 0.1) is 0 Å². The van der Waals surface area contributed by atoms with Gasteiger partial charge in [-0.05, 0) is 38.0 Å². The lowest BCUT2D eigenvalue weighted by Gasteiger charge is -2.17. The first-order valence-corrected chi connectivity index (χ1v) is 10.5. The standard InChI is InChI=1S/C17H27F2N3O4S/c1-5-20-17(22-12(2)8-9-27(4,23)24)21-11-13-6-7-14(25-3)15(10-13)26-16(18)19/h6-7,10,12,16H,5,8-9,11H2,1-4H3,(H2,20,21,22). The number of alkyl halides is 2. The van der Waals surface area contributed by atoms with Crippen molar-refractivity contribution in [1.82, 2.24) is 10.6 Å². The maximum absolute atomic E-state index is 12.5. The lowest BCUT2D eigenvalue weighted by Crippen LogP contribution is -2.42. The molecule has 1 atom stereocenters. The Morgan fingerprint density at radius 1 is 1.30 bits per heavy atom. The summed E-state index contributed by atoms with van der Waals surface area (Å²) in [7, 11) is -1.66. The van der Waals surface area contributed by atoms with Gasteiger partial charge in [-0.1, -0.05) is 6.07 Å². The van der Waals surface area contributed by atoms with E-state index in [2.05, 4.69) is 20.4 Å². The van der Waals surface area contributed by atoms with Crippen LogP contribution < -0.4 is 20.1 Å². The van der Waals surface area contributed by atoms with Gasteiger partial charge < -0.3 is 20.1 Å². The molecule has 1 rings (SSSR count). The molecule has 0 saturated carbocycles. The Balaban J connectivity index is 2.82. The number of halogens is 2. The summed E-state index contributed by atoms with van der Waals surface area (Å²) in [6, 6.07) is 4.59. The van der Waals surface area contributed by atoms with Crippen LogP contribution in [0.25, 0.3) is 0 Å². The fraction of sp³-hybridized carbons (Fsp3) is 0.588. The number of guanidine groups is 1. The highest BCUT2D eigenvalue weighted by Crippen LogP contribution is 2.29. The Hall–Kier alpha value is -2.10. The zero-order chi connectivity index (χ0) is 20.4. The van der Waals surface area contributed by atoms with Gasteiger partial charge in [0.1, 0.15) is 9.84 Å². The molecule has 0 aliphatic carbocycles. The van der Waals surface area contributed by atoms with Gasteiger partial charge in [0.2, 0.25) is 0 Å². The van der Waals surface area contributed by atoms with E-state index in [-0.39, 0.29) is 29.8 Å². The number of hydrogen-bond donors (Lipinski definition) is 2. The molecule has 0 saturated heterocycles. The molecular weight excluding hydrogens is 380 g/mol. The highest BCUT2D eigenvalue weighted by molar-refractivity contribution is 7.90. The van der Waals surface area contributed by atoms with Crippen molar-refractivity contribution in [2.24, 2.45) is 4.99 Å². The van der Waals surface area contributed by atoms with Crippen molar-refractivity contribution in [2.75, 3.05) is 25.7 Å². The topological polar surface area (TPSA) is 89.0 Å². The summed E-state index contributed by atoms with van der Waals surface area (Å²) in [5.74, 6) is 0.737. The maximum atomic E-state index is 12.5. The third-order valence-electron chi connectivity index (χ3n) is 3.51. The van der Waals surface area contributed by atoms with Crippen LogP contribution in [0.1, 0.15) is 25.8 Å². The molecule has 0 spiro atoms. The molecule has 0 aliphatic rings. The molecule has 7 nitrogen and oxygen atoms in total. The van der Waals surface area contributed by atoms with Crippen molar-refractivity contribution in [3.8, 4) is 11.5 Å². The first kappa shape index (κ1) is 22.9. The molecule has 0 radical (unpaired) electrons. The van der Waals surface area contributed by atoms with Crippen LogP contribution in [0.4, 0.5) is 8.78 Å². The van der Waals surface area contributed by atoms with Crippen LogP contribution in [0.5, 0.6) is 11.5 Å². The van der Waals surface area contributed by atoms with Gasteiger partial charge in [-0.3, -0.25) is 0 Å². The molecule has 27 heavy (non-hydrogen) atoms. The summed E-state index contributed by atoms with van der Waals surface area (Å²) in [4.78, 5) is 4.40. The summed E-state index contributed by atoms with van der Waals surface area (Å²) in [5, 5.41) is 6.19. The van der Waals surface area contributed by atoms with E-state index in [4.69, 9.17) is 4.74 Å². The Morgan fingerprint density at radius 3 is 2.56 bits per heavy atom. The molecule has 0 heterocycles. The first-order chi connectivity index (χ1) is 12.6. The van der Waals surface area contributed by atoms with E-state index in [1.807, 2.05) is 13.8 Å². The van der Waals surface area contributed by atoms with E-state index in [0.29, 0.717) is 24.5 Å². The number of rotatable bonds is 10. The minimum absolute atomic E-state index is 0.0559. The quantitative estimate of drug-likeness (QED) is 0.457. The lowest BCUT2D eigenvalue weighted by molar-refractivity contribution is -0.0512. The Labute approximate surface area is 159 Å². The molecule has 0 fully saturated rings. The van der Waals surface area contributed by atoms with Crippen molar-refractivity contribution < 1.29 is 26.7 Å². The Bertz CT molecular complexity index is 727. The average Bonchev–Trinajstić information content (AvgIpc) is 2.57. The van der Waals surface area contributed by atoms with E-state index in [9.17, 15) is 17.2 Å². The Kier molecular flexibility index (Phi) is 9.27. The van der Waals surface area contributed by atoms with Gasteiger partial charge in [-0.25, -0.2) is 13.4 Å². The van der Waals surface area contributed by atoms with Crippen molar-refractivity contribution in [3.05, 3.63) is 23.8 Å². The van der Waals surface area contributed by atoms with E-state index >= 15 is 0 Å². The van der Waals surface area contributed by atoms with E-state index in [1.54, 1.807) is 6.07 Å². The number of aliphatic imine (C=N–C) groups is 1. The molecule has 1 aromatic carbocycles. The second-order valence-electron chi connectivity index (χ2n) is 6.02. The van der Waals surface area contributed by atoms with Crippen molar-refractivity contribution in [3.63, 3.8) is 0 Å². The minimum atomic E-state index is -3.03. The second-order valence-corrected chi connectivity index (χ2v) is 8.28. The van der Waals surface area contributed by atoms with Crippen LogP contribution in [0.15, 0.2) is 23.2 Å². The maximum Gasteiger partial charge on any atom is 0.387 e. The van der Waals surface area contributed by atoms with Crippen LogP contribution in [0.2, 0.25) is 0 Å². The molecule has 1 aromatic rings. The molecule has 0 aliphatic heterocycles. The normalized spacial score (nSPS) is 13.4. The first-order valence-electron chi connectivity index (χ1n) is 8.49. The molecular formula is C17H27F2N3O4S. The van der Waals surface area contributed by atoms with E-state index in [1.165, 1.54) is 25.5 Å². The minimum Gasteiger partial charge on any atom is -0.493 e. The number of nitrogens with zero attached hydrogens (tertiary/aromatic N) is 1. The largest absolute Gasteiger partial charge is 0.493 e. The zero-order valence-corrected chi connectivity index (χ0v) is 16.8. The molecule has 0 amide bonds. The number of methoxy groups -OCH3 is 1. The van der Waals surface area contributed by atoms with Crippen molar-refractivity contribution in [2.45, 2.75) is 39.5 Å².